The lowest BCUT2D eigenvalue weighted by Gasteiger charge is -2.29. The predicted octanol–water partition coefficient (Wildman–Crippen LogP) is 2.56. The van der Waals surface area contributed by atoms with Crippen molar-refractivity contribution in [3.63, 3.8) is 0 Å². The molecule has 2 rings (SSSR count). The number of ether oxygens (including phenoxy) is 1. The molecule has 3 N–H and O–H groups in total. The van der Waals surface area contributed by atoms with Crippen molar-refractivity contribution in [1.82, 2.24) is 0 Å². The molecule has 106 valence electrons. The Labute approximate surface area is 115 Å². The van der Waals surface area contributed by atoms with Gasteiger partial charge in [-0.2, -0.15) is 0 Å². The van der Waals surface area contributed by atoms with Gasteiger partial charge in [0.2, 0.25) is 0 Å². The largest absolute Gasteiger partial charge is 0.493 e. The molecule has 1 aliphatic rings. The summed E-state index contributed by atoms with van der Waals surface area (Å²) in [7, 11) is 0. The molecule has 0 amide bonds. The van der Waals surface area contributed by atoms with Gasteiger partial charge in [0, 0.05) is 5.54 Å². The molecule has 1 aliphatic carbocycles. The fourth-order valence-corrected chi connectivity index (χ4v) is 3.08. The maximum atomic E-state index is 9.42. The average molecular weight is 263 g/mol. The van der Waals surface area contributed by atoms with Gasteiger partial charge < -0.3 is 15.6 Å². The zero-order valence-corrected chi connectivity index (χ0v) is 12.0. The van der Waals surface area contributed by atoms with Crippen LogP contribution in [0, 0.1) is 19.8 Å². The third kappa shape index (κ3) is 3.28. The second-order valence-corrected chi connectivity index (χ2v) is 5.89. The van der Waals surface area contributed by atoms with E-state index in [1.807, 2.05) is 6.07 Å². The topological polar surface area (TPSA) is 55.5 Å². The van der Waals surface area contributed by atoms with E-state index in [9.17, 15) is 5.11 Å². The highest BCUT2D eigenvalue weighted by molar-refractivity contribution is 5.35. The van der Waals surface area contributed by atoms with Crippen molar-refractivity contribution in [2.24, 2.45) is 11.7 Å². The zero-order chi connectivity index (χ0) is 13.9. The lowest BCUT2D eigenvalue weighted by atomic mass is 9.87. The Kier molecular flexibility index (Phi) is 4.48. The van der Waals surface area contributed by atoms with Gasteiger partial charge in [-0.3, -0.25) is 0 Å². The van der Waals surface area contributed by atoms with E-state index in [1.165, 1.54) is 11.1 Å². The van der Waals surface area contributed by atoms with Gasteiger partial charge in [0.05, 0.1) is 13.2 Å². The number of hydrogen-bond acceptors (Lipinski definition) is 3. The molecule has 0 saturated heterocycles. The van der Waals surface area contributed by atoms with Crippen molar-refractivity contribution < 1.29 is 9.84 Å². The van der Waals surface area contributed by atoms with Crippen molar-refractivity contribution in [1.29, 1.82) is 0 Å². The minimum atomic E-state index is -0.383. The van der Waals surface area contributed by atoms with Gasteiger partial charge in [0.25, 0.3) is 0 Å². The first-order valence-corrected chi connectivity index (χ1v) is 7.15. The number of rotatable bonds is 5. The van der Waals surface area contributed by atoms with Crippen LogP contribution < -0.4 is 10.5 Å². The number of nitrogens with two attached hydrogens (primary N) is 1. The molecule has 1 aromatic rings. The third-order valence-corrected chi connectivity index (χ3v) is 4.36. The lowest BCUT2D eigenvalue weighted by Crippen LogP contribution is -2.47. The van der Waals surface area contributed by atoms with Crippen LogP contribution in [-0.4, -0.2) is 23.9 Å². The zero-order valence-electron chi connectivity index (χ0n) is 12.0. The van der Waals surface area contributed by atoms with E-state index in [0.717, 1.165) is 31.4 Å². The molecule has 2 atom stereocenters. The molecule has 0 bridgehead atoms. The number of aliphatic hydroxyl groups is 1. The van der Waals surface area contributed by atoms with Crippen molar-refractivity contribution >= 4 is 0 Å². The maximum Gasteiger partial charge on any atom is 0.122 e. The van der Waals surface area contributed by atoms with E-state index in [-0.39, 0.29) is 12.1 Å². The summed E-state index contributed by atoms with van der Waals surface area (Å²) in [6.07, 6.45) is 4.07. The third-order valence-electron chi connectivity index (χ3n) is 4.36. The summed E-state index contributed by atoms with van der Waals surface area (Å²) < 4.78 is 5.85. The molecule has 2 unspecified atom stereocenters. The van der Waals surface area contributed by atoms with Gasteiger partial charge in [-0.25, -0.2) is 0 Å². The Bertz CT molecular complexity index is 433. The van der Waals surface area contributed by atoms with E-state index in [2.05, 4.69) is 26.0 Å². The first kappa shape index (κ1) is 14.4. The molecular weight excluding hydrogens is 238 g/mol. The highest BCUT2D eigenvalue weighted by Crippen LogP contribution is 2.35. The summed E-state index contributed by atoms with van der Waals surface area (Å²) in [5.41, 5.74) is 8.27. The summed E-state index contributed by atoms with van der Waals surface area (Å²) in [5, 5.41) is 9.42. The maximum absolute atomic E-state index is 9.42. The van der Waals surface area contributed by atoms with Crippen molar-refractivity contribution in [2.45, 2.75) is 45.1 Å². The molecule has 1 fully saturated rings. The molecule has 0 heterocycles. The van der Waals surface area contributed by atoms with Crippen LogP contribution >= 0.6 is 0 Å². The summed E-state index contributed by atoms with van der Waals surface area (Å²) in [5.74, 6) is 1.33. The smallest absolute Gasteiger partial charge is 0.122 e. The molecule has 3 nitrogen and oxygen atoms in total. The Morgan fingerprint density at radius 3 is 2.89 bits per heavy atom. The molecule has 19 heavy (non-hydrogen) atoms. The second-order valence-electron chi connectivity index (χ2n) is 5.89. The Hall–Kier alpha value is -1.06. The normalized spacial score (nSPS) is 26.6. The summed E-state index contributed by atoms with van der Waals surface area (Å²) in [4.78, 5) is 0. The predicted molar refractivity (Wildman–Crippen MR) is 77.4 cm³/mol. The Morgan fingerprint density at radius 1 is 1.42 bits per heavy atom. The fourth-order valence-electron chi connectivity index (χ4n) is 3.08. The monoisotopic (exact) mass is 263 g/mol. The standard InChI is InChI=1S/C16H25NO2/c1-12-5-6-15(13(2)10-12)19-9-7-14-4-3-8-16(14,17)11-18/h5-6,10,14,18H,3-4,7-9,11,17H2,1-2H3. The molecule has 0 radical (unpaired) electrons. The van der Waals surface area contributed by atoms with Crippen LogP contribution in [0.1, 0.15) is 36.8 Å². The molecule has 3 heteroatoms. The Balaban J connectivity index is 1.86. The van der Waals surface area contributed by atoms with Gasteiger partial charge >= 0.3 is 0 Å². The quantitative estimate of drug-likeness (QED) is 0.858. The number of aliphatic hydroxyl groups excluding tert-OH is 1. The number of aryl methyl sites for hydroxylation is 2. The van der Waals surface area contributed by atoms with Gasteiger partial charge in [-0.05, 0) is 50.7 Å². The van der Waals surface area contributed by atoms with Crippen LogP contribution in [0.5, 0.6) is 5.75 Å². The minimum Gasteiger partial charge on any atom is -0.493 e. The van der Waals surface area contributed by atoms with Crippen molar-refractivity contribution in [3.8, 4) is 5.75 Å². The van der Waals surface area contributed by atoms with Crippen LogP contribution in [0.2, 0.25) is 0 Å². The van der Waals surface area contributed by atoms with E-state index in [1.54, 1.807) is 0 Å². The molecule has 0 spiro atoms. The van der Waals surface area contributed by atoms with E-state index in [0.29, 0.717) is 12.5 Å². The van der Waals surface area contributed by atoms with Gasteiger partial charge in [-0.15, -0.1) is 0 Å². The summed E-state index contributed by atoms with van der Waals surface area (Å²) >= 11 is 0. The van der Waals surface area contributed by atoms with E-state index in [4.69, 9.17) is 10.5 Å². The van der Waals surface area contributed by atoms with Crippen LogP contribution in [0.15, 0.2) is 18.2 Å². The van der Waals surface area contributed by atoms with Crippen LogP contribution in [-0.2, 0) is 0 Å². The van der Waals surface area contributed by atoms with E-state index >= 15 is 0 Å². The number of benzene rings is 1. The van der Waals surface area contributed by atoms with Crippen LogP contribution in [0.25, 0.3) is 0 Å². The minimum absolute atomic E-state index is 0.0845. The van der Waals surface area contributed by atoms with Gasteiger partial charge in [0.15, 0.2) is 0 Å². The van der Waals surface area contributed by atoms with Crippen molar-refractivity contribution in [2.75, 3.05) is 13.2 Å². The highest BCUT2D eigenvalue weighted by Gasteiger charge is 2.38. The fraction of sp³-hybridized carbons (Fsp3) is 0.625. The number of hydrogen-bond donors (Lipinski definition) is 2. The van der Waals surface area contributed by atoms with Crippen LogP contribution in [0.4, 0.5) is 0 Å². The first-order chi connectivity index (χ1) is 9.05. The molecule has 1 saturated carbocycles. The SMILES string of the molecule is Cc1ccc(OCCC2CCCC2(N)CO)c(C)c1. The average Bonchev–Trinajstić information content (AvgIpc) is 2.74. The Morgan fingerprint density at radius 2 is 2.21 bits per heavy atom. The summed E-state index contributed by atoms with van der Waals surface area (Å²) in [6, 6.07) is 6.23. The molecule has 1 aromatic carbocycles. The molecular formula is C16H25NO2. The van der Waals surface area contributed by atoms with Crippen molar-refractivity contribution in [3.05, 3.63) is 29.3 Å². The highest BCUT2D eigenvalue weighted by atomic mass is 16.5. The second kappa shape index (κ2) is 5.93. The van der Waals surface area contributed by atoms with Gasteiger partial charge in [0.1, 0.15) is 5.75 Å². The van der Waals surface area contributed by atoms with E-state index < -0.39 is 0 Å². The first-order valence-electron chi connectivity index (χ1n) is 7.15. The van der Waals surface area contributed by atoms with Gasteiger partial charge in [-0.1, -0.05) is 24.1 Å². The molecule has 0 aliphatic heterocycles. The lowest BCUT2D eigenvalue weighted by molar-refractivity contribution is 0.143. The van der Waals surface area contributed by atoms with Crippen LogP contribution in [0.3, 0.4) is 0 Å². The molecule has 0 aromatic heterocycles. The summed E-state index contributed by atoms with van der Waals surface area (Å²) in [6.45, 7) is 4.91.